The number of fused-ring (bicyclic) bond motifs is 3. The maximum Gasteiger partial charge on any atom is 0.332 e. The zero-order valence-electron chi connectivity index (χ0n) is 11.4. The van der Waals surface area contributed by atoms with Gasteiger partial charge in [-0.05, 0) is 6.92 Å². The molecule has 3 aromatic heterocycles. The summed E-state index contributed by atoms with van der Waals surface area (Å²) >= 11 is 0. The number of hydrogen-bond acceptors (Lipinski definition) is 7. The quantitative estimate of drug-likeness (QED) is 0.483. The third-order valence-electron chi connectivity index (χ3n) is 3.22. The van der Waals surface area contributed by atoms with Crippen LogP contribution in [0.3, 0.4) is 0 Å². The molecule has 3 rings (SSSR count). The van der Waals surface area contributed by atoms with Crippen LogP contribution in [-0.2, 0) is 14.1 Å². The van der Waals surface area contributed by atoms with Gasteiger partial charge in [-0.25, -0.2) is 14.2 Å². The molecule has 10 heteroatoms. The van der Waals surface area contributed by atoms with Crippen molar-refractivity contribution in [2.24, 2.45) is 14.1 Å². The van der Waals surface area contributed by atoms with Crippen LogP contribution in [0.25, 0.3) is 22.7 Å². The van der Waals surface area contributed by atoms with E-state index in [1.807, 2.05) is 0 Å². The summed E-state index contributed by atoms with van der Waals surface area (Å²) in [7, 11) is 2.72. The van der Waals surface area contributed by atoms with E-state index in [0.29, 0.717) is 0 Å². The lowest BCUT2D eigenvalue weighted by Crippen LogP contribution is -2.40. The van der Waals surface area contributed by atoms with Crippen molar-refractivity contribution in [3.05, 3.63) is 36.5 Å². The Bertz CT molecular complexity index is 1130. The largest absolute Gasteiger partial charge is 0.510 e. The molecule has 0 fully saturated rings. The first-order valence-electron chi connectivity index (χ1n) is 5.89. The van der Waals surface area contributed by atoms with Crippen molar-refractivity contribution in [3.8, 4) is 0 Å². The van der Waals surface area contributed by atoms with Crippen molar-refractivity contribution in [2.45, 2.75) is 6.92 Å². The van der Waals surface area contributed by atoms with Crippen molar-refractivity contribution in [3.63, 3.8) is 0 Å². The second-order valence-electron chi connectivity index (χ2n) is 4.56. The number of hydrogen-bond donors (Lipinski definition) is 1. The Morgan fingerprint density at radius 3 is 2.33 bits per heavy atom. The highest BCUT2D eigenvalue weighted by Crippen LogP contribution is 2.05. The molecular weight excluding hydrogens is 280 g/mol. The molecule has 3 heterocycles. The molecule has 21 heavy (non-hydrogen) atoms. The molecule has 3 aromatic rings. The molecule has 0 aromatic carbocycles. The first-order chi connectivity index (χ1) is 9.84. The molecule has 0 unspecified atom stereocenters. The van der Waals surface area contributed by atoms with E-state index in [1.165, 1.54) is 21.0 Å². The number of aryl methyl sites for hydroxylation is 1. The van der Waals surface area contributed by atoms with Crippen LogP contribution in [0.1, 0.15) is 6.92 Å². The highest BCUT2D eigenvalue weighted by atomic mass is 16.3. The lowest BCUT2D eigenvalue weighted by Gasteiger charge is -2.03. The molecule has 0 aliphatic rings. The highest BCUT2D eigenvalue weighted by Gasteiger charge is 2.18. The van der Waals surface area contributed by atoms with Gasteiger partial charge < -0.3 is 5.11 Å². The Hall–Kier alpha value is -3.04. The number of imidazole rings is 1. The Labute approximate surface area is 115 Å². The monoisotopic (exact) mass is 290 g/mol. The normalized spacial score (nSPS) is 13.1. The van der Waals surface area contributed by atoms with Crippen molar-refractivity contribution < 1.29 is 5.11 Å². The van der Waals surface area contributed by atoms with Crippen LogP contribution in [0.15, 0.2) is 14.4 Å². The molecule has 0 bridgehead atoms. The molecule has 0 aliphatic carbocycles. The smallest absolute Gasteiger partial charge is 0.332 e. The molecule has 0 saturated heterocycles. The van der Waals surface area contributed by atoms with Gasteiger partial charge in [-0.1, -0.05) is 0 Å². The molecule has 0 radical (unpaired) electrons. The highest BCUT2D eigenvalue weighted by molar-refractivity contribution is 5.74. The van der Waals surface area contributed by atoms with Gasteiger partial charge in [0.15, 0.2) is 16.5 Å². The molecule has 0 amide bonds. The molecule has 0 spiro atoms. The van der Waals surface area contributed by atoms with Crippen LogP contribution < -0.4 is 22.2 Å². The minimum atomic E-state index is -0.703. The summed E-state index contributed by atoms with van der Waals surface area (Å²) in [5.41, 5.74) is -1.99. The zero-order valence-corrected chi connectivity index (χ0v) is 11.4. The van der Waals surface area contributed by atoms with E-state index in [0.717, 1.165) is 13.5 Å². The molecular formula is C11H10N6O4. The van der Waals surface area contributed by atoms with Crippen LogP contribution >= 0.6 is 0 Å². The summed E-state index contributed by atoms with van der Waals surface area (Å²) in [5.74, 6) is -0.427. The van der Waals surface area contributed by atoms with Crippen molar-refractivity contribution in [1.82, 2.24) is 28.7 Å². The summed E-state index contributed by atoms with van der Waals surface area (Å²) in [6, 6.07) is 0. The Kier molecular flexibility index (Phi) is 2.46. The fourth-order valence-electron chi connectivity index (χ4n) is 2.14. The van der Waals surface area contributed by atoms with E-state index >= 15 is 0 Å². The van der Waals surface area contributed by atoms with Gasteiger partial charge in [0, 0.05) is 14.1 Å². The van der Waals surface area contributed by atoms with Gasteiger partial charge in [0.05, 0.1) is 0 Å². The standard InChI is InChI=1S/C11H10N6O4/c1-4(18)5-9(20)17-7-6(12-10(17)14-13-5)8(19)16(3)11(21)15(7)2/h18H,1-3H3/b5-4-. The average Bonchev–Trinajstić information content (AvgIpc) is 2.83. The molecule has 0 atom stereocenters. The third kappa shape index (κ3) is 1.52. The molecule has 108 valence electrons. The Morgan fingerprint density at radius 2 is 1.71 bits per heavy atom. The third-order valence-corrected chi connectivity index (χ3v) is 3.22. The molecule has 10 nitrogen and oxygen atoms in total. The van der Waals surface area contributed by atoms with E-state index in [9.17, 15) is 19.5 Å². The van der Waals surface area contributed by atoms with Crippen molar-refractivity contribution in [1.29, 1.82) is 0 Å². The van der Waals surface area contributed by atoms with E-state index in [4.69, 9.17) is 0 Å². The fraction of sp³-hybridized carbons (Fsp3) is 0.273. The van der Waals surface area contributed by atoms with Crippen LogP contribution in [0, 0.1) is 0 Å². The summed E-state index contributed by atoms with van der Waals surface area (Å²) in [6.07, 6.45) is 0. The molecule has 1 N–H and O–H groups in total. The first kappa shape index (κ1) is 13.0. The summed E-state index contributed by atoms with van der Waals surface area (Å²) in [5, 5.41) is 16.4. The second kappa shape index (κ2) is 3.98. The Balaban J connectivity index is 2.81. The minimum absolute atomic E-state index is 0.0144. The topological polar surface area (TPSA) is 124 Å². The fourth-order valence-corrected chi connectivity index (χ4v) is 2.14. The Morgan fingerprint density at radius 1 is 1.05 bits per heavy atom. The van der Waals surface area contributed by atoms with Gasteiger partial charge in [0.25, 0.3) is 16.9 Å². The van der Waals surface area contributed by atoms with Crippen molar-refractivity contribution >= 4 is 22.7 Å². The predicted molar refractivity (Wildman–Crippen MR) is 72.0 cm³/mol. The van der Waals surface area contributed by atoms with Crippen molar-refractivity contribution in [2.75, 3.05) is 0 Å². The van der Waals surface area contributed by atoms with Crippen LogP contribution in [0.5, 0.6) is 0 Å². The SMILES string of the molecule is C/C(O)=c1/nnc2nc3c(=O)n(C)c(=O)n(C)c3n2c1=O. The van der Waals surface area contributed by atoms with E-state index in [2.05, 4.69) is 15.2 Å². The summed E-state index contributed by atoms with van der Waals surface area (Å²) in [4.78, 5) is 40.3. The predicted octanol–water partition coefficient (Wildman–Crippen LogP) is -2.56. The first-order valence-corrected chi connectivity index (χ1v) is 5.89. The van der Waals surface area contributed by atoms with Crippen LogP contribution in [0.2, 0.25) is 0 Å². The minimum Gasteiger partial charge on any atom is -0.510 e. The number of aliphatic hydroxyl groups is 1. The molecule has 0 saturated carbocycles. The maximum absolute atomic E-state index is 12.3. The molecule has 0 aliphatic heterocycles. The summed E-state index contributed by atoms with van der Waals surface area (Å²) < 4.78 is 2.99. The van der Waals surface area contributed by atoms with Gasteiger partial charge in [-0.3, -0.25) is 18.7 Å². The number of rotatable bonds is 0. The van der Waals surface area contributed by atoms with E-state index in [1.54, 1.807) is 0 Å². The van der Waals surface area contributed by atoms with Crippen LogP contribution in [-0.4, -0.2) is 33.8 Å². The number of aliphatic hydroxyl groups excluding tert-OH is 1. The maximum atomic E-state index is 12.3. The van der Waals surface area contributed by atoms with Gasteiger partial charge in [-0.2, -0.15) is 0 Å². The second-order valence-corrected chi connectivity index (χ2v) is 4.56. The lowest BCUT2D eigenvalue weighted by atomic mass is 10.5. The van der Waals surface area contributed by atoms with Gasteiger partial charge in [-0.15, -0.1) is 10.2 Å². The van der Waals surface area contributed by atoms with Crippen LogP contribution in [0.4, 0.5) is 0 Å². The van der Waals surface area contributed by atoms with Gasteiger partial charge >= 0.3 is 5.69 Å². The number of nitrogens with zero attached hydrogens (tertiary/aromatic N) is 6. The van der Waals surface area contributed by atoms with E-state index < -0.39 is 16.8 Å². The van der Waals surface area contributed by atoms with Gasteiger partial charge in [0.1, 0.15) is 5.76 Å². The lowest BCUT2D eigenvalue weighted by molar-refractivity contribution is 0.494. The zero-order chi connectivity index (χ0) is 15.5. The average molecular weight is 290 g/mol. The van der Waals surface area contributed by atoms with Gasteiger partial charge in [0.2, 0.25) is 0 Å². The van der Waals surface area contributed by atoms with E-state index in [-0.39, 0.29) is 28.0 Å². The summed E-state index contributed by atoms with van der Waals surface area (Å²) in [6.45, 7) is 1.29. The number of aromatic nitrogens is 6.